The maximum Gasteiger partial charge on any atom is 0.332 e. The number of aromatic nitrogens is 2. The average molecular weight is 528 g/mol. The predicted octanol–water partition coefficient (Wildman–Crippen LogP) is 6.76. The van der Waals surface area contributed by atoms with Crippen LogP contribution in [0.4, 0.5) is 3.89 Å². The fraction of sp³-hybridized carbons (Fsp3) is 0.267. The van der Waals surface area contributed by atoms with Crippen molar-refractivity contribution in [2.75, 3.05) is 0 Å². The molecule has 6 nitrogen and oxygen atoms in total. The van der Waals surface area contributed by atoms with Crippen molar-refractivity contribution in [3.8, 4) is 17.2 Å². The Labute approximate surface area is 219 Å². The molecule has 1 saturated carbocycles. The Morgan fingerprint density at radius 3 is 2.55 bits per heavy atom. The van der Waals surface area contributed by atoms with Gasteiger partial charge in [-0.2, -0.15) is 13.7 Å². The minimum absolute atomic E-state index is 0.0850. The highest BCUT2D eigenvalue weighted by molar-refractivity contribution is 7.86. The minimum Gasteiger partial charge on any atom is -0.340 e. The second-order valence-electron chi connectivity index (χ2n) is 10.6. The van der Waals surface area contributed by atoms with E-state index in [1.165, 1.54) is 18.2 Å². The van der Waals surface area contributed by atoms with Crippen LogP contribution in [0.25, 0.3) is 44.0 Å². The lowest BCUT2D eigenvalue weighted by Gasteiger charge is -2.31. The Hall–Kier alpha value is -3.96. The first kappa shape index (κ1) is 24.4. The Bertz CT molecular complexity index is 1980. The summed E-state index contributed by atoms with van der Waals surface area (Å²) in [6.07, 6.45) is 3.71. The second kappa shape index (κ2) is 8.81. The summed E-state index contributed by atoms with van der Waals surface area (Å²) in [5, 5.41) is 11.4. The van der Waals surface area contributed by atoms with Gasteiger partial charge >= 0.3 is 10.2 Å². The molecule has 1 aliphatic carbocycles. The van der Waals surface area contributed by atoms with Gasteiger partial charge in [-0.1, -0.05) is 32.0 Å². The molecule has 1 N–H and O–H groups in total. The van der Waals surface area contributed by atoms with E-state index in [0.717, 1.165) is 52.5 Å². The van der Waals surface area contributed by atoms with Crippen LogP contribution < -0.4 is 5.43 Å². The molecule has 192 valence electrons. The molecule has 6 rings (SSSR count). The Morgan fingerprint density at radius 1 is 1.11 bits per heavy atom. The highest BCUT2D eigenvalue weighted by atomic mass is 32.3. The van der Waals surface area contributed by atoms with Gasteiger partial charge in [0.05, 0.1) is 27.4 Å². The number of halogens is 1. The van der Waals surface area contributed by atoms with Crippen LogP contribution in [-0.2, 0) is 16.6 Å². The highest BCUT2D eigenvalue weighted by Gasteiger charge is 2.27. The number of hydrogen-bond acceptors (Lipinski definition) is 4. The van der Waals surface area contributed by atoms with E-state index in [4.69, 9.17) is 0 Å². The molecular formula is C30H26FN3O3S. The van der Waals surface area contributed by atoms with Gasteiger partial charge in [-0.05, 0) is 84.7 Å². The maximum absolute atomic E-state index is 14.0. The molecule has 8 heteroatoms. The van der Waals surface area contributed by atoms with Crippen LogP contribution in [0.15, 0.2) is 64.3 Å². The van der Waals surface area contributed by atoms with Crippen LogP contribution >= 0.6 is 0 Å². The third-order valence-electron chi connectivity index (χ3n) is 7.60. The van der Waals surface area contributed by atoms with E-state index in [2.05, 4.69) is 29.5 Å². The molecule has 2 aromatic heterocycles. The fourth-order valence-corrected chi connectivity index (χ4v) is 6.16. The first-order chi connectivity index (χ1) is 18.2. The normalized spacial score (nSPS) is 14.4. The SMILES string of the molecule is CC(C)Cc1cc2c(=O)c3c4ccc(C#N)cc4[nH]c3n(C3CCC3)c2cc1-c1cccc(S(=O)(=O)F)c1. The number of nitriles is 1. The molecule has 5 aromatic rings. The summed E-state index contributed by atoms with van der Waals surface area (Å²) in [4.78, 5) is 17.1. The summed E-state index contributed by atoms with van der Waals surface area (Å²) in [5.41, 5.74) is 4.93. The van der Waals surface area contributed by atoms with E-state index in [9.17, 15) is 22.4 Å². The highest BCUT2D eigenvalue weighted by Crippen LogP contribution is 2.40. The third-order valence-corrected chi connectivity index (χ3v) is 8.41. The molecule has 0 amide bonds. The largest absolute Gasteiger partial charge is 0.340 e. The molecule has 0 radical (unpaired) electrons. The number of nitrogens with one attached hydrogen (secondary N) is 1. The van der Waals surface area contributed by atoms with Crippen molar-refractivity contribution in [3.63, 3.8) is 0 Å². The van der Waals surface area contributed by atoms with Gasteiger partial charge in [-0.25, -0.2) is 0 Å². The van der Waals surface area contributed by atoms with Gasteiger partial charge in [0.1, 0.15) is 5.65 Å². The quantitative estimate of drug-likeness (QED) is 0.256. The number of benzene rings is 3. The van der Waals surface area contributed by atoms with Crippen LogP contribution in [0, 0.1) is 17.2 Å². The van der Waals surface area contributed by atoms with E-state index in [1.54, 1.807) is 18.2 Å². The molecule has 0 unspecified atom stereocenters. The zero-order chi connectivity index (χ0) is 26.8. The molecule has 0 saturated heterocycles. The number of aromatic amines is 1. The Morgan fingerprint density at radius 2 is 1.89 bits per heavy atom. The summed E-state index contributed by atoms with van der Waals surface area (Å²) in [5.74, 6) is 0.273. The first-order valence-electron chi connectivity index (χ1n) is 12.8. The molecular weight excluding hydrogens is 501 g/mol. The molecule has 38 heavy (non-hydrogen) atoms. The third kappa shape index (κ3) is 3.89. The lowest BCUT2D eigenvalue weighted by Crippen LogP contribution is -2.21. The fourth-order valence-electron chi connectivity index (χ4n) is 5.65. The van der Waals surface area contributed by atoms with Gasteiger partial charge in [-0.3, -0.25) is 4.79 Å². The van der Waals surface area contributed by atoms with E-state index >= 15 is 0 Å². The van der Waals surface area contributed by atoms with Crippen molar-refractivity contribution in [1.82, 2.24) is 9.55 Å². The number of H-pyrrole nitrogens is 1. The molecule has 3 aromatic carbocycles. The Balaban J connectivity index is 1.74. The molecule has 1 aliphatic rings. The standard InChI is InChI=1S/C30H26FN3O3S/c1-17(2)11-20-14-25-27(15-24(20)19-5-3-8-22(13-19)38(31,36)37)34(21-6-4-7-21)30-28(29(25)35)23-10-9-18(16-32)12-26(23)33-30/h3,5,8-10,12-15,17,21,33H,4,6-7,11H2,1-2H3. The zero-order valence-corrected chi connectivity index (χ0v) is 21.9. The molecule has 1 fully saturated rings. The lowest BCUT2D eigenvalue weighted by atomic mass is 9.89. The topological polar surface area (TPSA) is 95.7 Å². The maximum atomic E-state index is 14.0. The minimum atomic E-state index is -4.87. The van der Waals surface area contributed by atoms with Gasteiger partial charge in [-0.15, -0.1) is 3.89 Å². The van der Waals surface area contributed by atoms with E-state index in [1.807, 2.05) is 18.2 Å². The molecule has 0 aliphatic heterocycles. The van der Waals surface area contributed by atoms with E-state index < -0.39 is 10.2 Å². The molecule has 0 spiro atoms. The van der Waals surface area contributed by atoms with Crippen molar-refractivity contribution in [2.45, 2.75) is 50.5 Å². The van der Waals surface area contributed by atoms with Gasteiger partial charge in [0.15, 0.2) is 5.43 Å². The molecule has 0 atom stereocenters. The van der Waals surface area contributed by atoms with Crippen LogP contribution in [0.2, 0.25) is 0 Å². The van der Waals surface area contributed by atoms with E-state index in [-0.39, 0.29) is 22.3 Å². The summed E-state index contributed by atoms with van der Waals surface area (Å²) >= 11 is 0. The average Bonchev–Trinajstić information content (AvgIpc) is 3.23. The smallest absolute Gasteiger partial charge is 0.332 e. The van der Waals surface area contributed by atoms with Crippen LogP contribution in [0.5, 0.6) is 0 Å². The van der Waals surface area contributed by atoms with Gasteiger partial charge in [0.25, 0.3) is 0 Å². The van der Waals surface area contributed by atoms with Crippen molar-refractivity contribution in [2.24, 2.45) is 5.92 Å². The predicted molar refractivity (Wildman–Crippen MR) is 147 cm³/mol. The lowest BCUT2D eigenvalue weighted by molar-refractivity contribution is 0.327. The Kier molecular flexibility index (Phi) is 5.65. The zero-order valence-electron chi connectivity index (χ0n) is 21.1. The van der Waals surface area contributed by atoms with Crippen LogP contribution in [-0.4, -0.2) is 18.0 Å². The first-order valence-corrected chi connectivity index (χ1v) is 14.2. The van der Waals surface area contributed by atoms with Gasteiger partial charge in [0.2, 0.25) is 0 Å². The van der Waals surface area contributed by atoms with Crippen molar-refractivity contribution in [3.05, 3.63) is 75.9 Å². The number of fused-ring (bicyclic) bond motifs is 4. The monoisotopic (exact) mass is 527 g/mol. The summed E-state index contributed by atoms with van der Waals surface area (Å²) in [6, 6.07) is 17.5. The van der Waals surface area contributed by atoms with Crippen molar-refractivity contribution < 1.29 is 12.3 Å². The summed E-state index contributed by atoms with van der Waals surface area (Å²) in [7, 11) is -4.87. The number of hydrogen-bond donors (Lipinski definition) is 1. The number of pyridine rings is 1. The second-order valence-corrected chi connectivity index (χ2v) is 11.9. The van der Waals surface area contributed by atoms with Crippen LogP contribution in [0.3, 0.4) is 0 Å². The van der Waals surface area contributed by atoms with Crippen LogP contribution in [0.1, 0.15) is 50.3 Å². The van der Waals surface area contributed by atoms with Gasteiger partial charge in [0, 0.05) is 22.3 Å². The summed E-state index contributed by atoms with van der Waals surface area (Å²) < 4.78 is 39.4. The van der Waals surface area contributed by atoms with Gasteiger partial charge < -0.3 is 9.55 Å². The summed E-state index contributed by atoms with van der Waals surface area (Å²) in [6.45, 7) is 4.16. The molecule has 0 bridgehead atoms. The van der Waals surface area contributed by atoms with Crippen molar-refractivity contribution >= 4 is 43.1 Å². The molecule has 2 heterocycles. The number of nitrogens with zero attached hydrogens (tertiary/aromatic N) is 2. The van der Waals surface area contributed by atoms with Crippen molar-refractivity contribution in [1.29, 1.82) is 5.26 Å². The van der Waals surface area contributed by atoms with E-state index in [0.29, 0.717) is 28.3 Å². The number of rotatable bonds is 5.